The number of nitrogens with one attached hydrogen (secondary N) is 1. The highest BCUT2D eigenvalue weighted by Crippen LogP contribution is 2.20. The predicted molar refractivity (Wildman–Crippen MR) is 70.7 cm³/mol. The lowest BCUT2D eigenvalue weighted by Crippen LogP contribution is -2.25. The second kappa shape index (κ2) is 6.99. The molecule has 0 spiro atoms. The van der Waals surface area contributed by atoms with Gasteiger partial charge in [-0.2, -0.15) is 0 Å². The minimum absolute atomic E-state index is 0.352. The molecular weight excluding hydrogens is 218 g/mol. The zero-order valence-electron chi connectivity index (χ0n) is 10.5. The molecule has 1 aromatic rings. The lowest BCUT2D eigenvalue weighted by molar-refractivity contribution is 0.451. The molecule has 0 aliphatic heterocycles. The summed E-state index contributed by atoms with van der Waals surface area (Å²) in [5.74, 6) is 0.637. The first-order valence-electron chi connectivity index (χ1n) is 6.05. The molecule has 0 bridgehead atoms. The van der Waals surface area contributed by atoms with E-state index in [1.807, 2.05) is 17.5 Å². The topological polar surface area (TPSA) is 50.9 Å². The lowest BCUT2D eigenvalue weighted by Gasteiger charge is -2.15. The molecule has 2 unspecified atom stereocenters. The number of rotatable bonds is 7. The Hall–Kier alpha value is -0.450. The van der Waals surface area contributed by atoms with Gasteiger partial charge in [-0.05, 0) is 38.8 Å². The van der Waals surface area contributed by atoms with Crippen LogP contribution in [-0.4, -0.2) is 18.1 Å². The summed E-state index contributed by atoms with van der Waals surface area (Å²) in [6.45, 7) is 8.35. The third kappa shape index (κ3) is 4.20. The van der Waals surface area contributed by atoms with Crippen LogP contribution in [0, 0.1) is 5.92 Å². The molecule has 3 nitrogen and oxygen atoms in total. The van der Waals surface area contributed by atoms with Crippen LogP contribution in [0.15, 0.2) is 6.20 Å². The highest BCUT2D eigenvalue weighted by atomic mass is 32.1. The normalized spacial score (nSPS) is 15.0. The summed E-state index contributed by atoms with van der Waals surface area (Å²) in [5, 5.41) is 4.70. The lowest BCUT2D eigenvalue weighted by atomic mass is 10.1. The number of nitrogens with zero attached hydrogens (tertiary/aromatic N) is 1. The fraction of sp³-hybridized carbons (Fsp3) is 0.750. The molecule has 92 valence electrons. The van der Waals surface area contributed by atoms with Crippen molar-refractivity contribution in [1.29, 1.82) is 0 Å². The van der Waals surface area contributed by atoms with Crippen molar-refractivity contribution >= 4 is 11.3 Å². The molecule has 3 N–H and O–H groups in total. The molecule has 0 saturated carbocycles. The fourth-order valence-corrected chi connectivity index (χ4v) is 2.42. The Balaban J connectivity index is 2.37. The summed E-state index contributed by atoms with van der Waals surface area (Å²) in [5.41, 5.74) is 5.53. The van der Waals surface area contributed by atoms with Crippen LogP contribution in [0.5, 0.6) is 0 Å². The number of aryl methyl sites for hydroxylation is 1. The summed E-state index contributed by atoms with van der Waals surface area (Å²) < 4.78 is 0. The van der Waals surface area contributed by atoms with Gasteiger partial charge in [0, 0.05) is 11.1 Å². The maximum atomic E-state index is 5.53. The van der Waals surface area contributed by atoms with E-state index in [1.165, 1.54) is 9.88 Å². The molecule has 0 saturated heterocycles. The molecule has 0 amide bonds. The first-order valence-corrected chi connectivity index (χ1v) is 6.87. The third-order valence-corrected chi connectivity index (χ3v) is 4.05. The Morgan fingerprint density at radius 2 is 2.25 bits per heavy atom. The summed E-state index contributed by atoms with van der Waals surface area (Å²) in [6, 6.07) is 0.352. The molecule has 0 aromatic carbocycles. The highest BCUT2D eigenvalue weighted by molar-refractivity contribution is 7.11. The van der Waals surface area contributed by atoms with Gasteiger partial charge >= 0.3 is 0 Å². The van der Waals surface area contributed by atoms with Crippen molar-refractivity contribution in [3.8, 4) is 0 Å². The maximum Gasteiger partial charge on any atom is 0.109 e. The van der Waals surface area contributed by atoms with Crippen molar-refractivity contribution in [3.63, 3.8) is 0 Å². The van der Waals surface area contributed by atoms with Crippen LogP contribution in [0.3, 0.4) is 0 Å². The van der Waals surface area contributed by atoms with E-state index in [-0.39, 0.29) is 0 Å². The Kier molecular flexibility index (Phi) is 5.95. The Morgan fingerprint density at radius 3 is 2.81 bits per heavy atom. The van der Waals surface area contributed by atoms with Crippen LogP contribution in [0.4, 0.5) is 0 Å². The van der Waals surface area contributed by atoms with E-state index in [1.54, 1.807) is 0 Å². The number of hydrogen-bond donors (Lipinski definition) is 2. The Labute approximate surface area is 102 Å². The number of aromatic nitrogens is 1. The van der Waals surface area contributed by atoms with E-state index in [0.29, 0.717) is 12.0 Å². The molecular formula is C12H23N3S. The van der Waals surface area contributed by atoms with Crippen LogP contribution in [0.1, 0.15) is 43.1 Å². The third-order valence-electron chi connectivity index (χ3n) is 2.72. The number of thiazole rings is 1. The summed E-state index contributed by atoms with van der Waals surface area (Å²) in [6.07, 6.45) is 4.15. The van der Waals surface area contributed by atoms with Crippen molar-refractivity contribution in [2.75, 3.05) is 13.1 Å². The minimum Gasteiger partial charge on any atom is -0.330 e. The van der Waals surface area contributed by atoms with Crippen molar-refractivity contribution < 1.29 is 0 Å². The molecule has 0 fully saturated rings. The van der Waals surface area contributed by atoms with Crippen LogP contribution in [0.25, 0.3) is 0 Å². The second-order valence-corrected chi connectivity index (χ2v) is 5.48. The van der Waals surface area contributed by atoms with Gasteiger partial charge in [0.2, 0.25) is 0 Å². The van der Waals surface area contributed by atoms with E-state index >= 15 is 0 Å². The van der Waals surface area contributed by atoms with Gasteiger partial charge in [0.1, 0.15) is 5.01 Å². The molecule has 1 rings (SSSR count). The van der Waals surface area contributed by atoms with E-state index in [4.69, 9.17) is 5.73 Å². The standard InChI is InChI=1S/C12H23N3S/c1-4-11-8-15-12(16-11)10(3)14-7-9(2)5-6-13/h8-10,14H,4-7,13H2,1-3H3. The minimum atomic E-state index is 0.352. The van der Waals surface area contributed by atoms with Crippen molar-refractivity contribution in [1.82, 2.24) is 10.3 Å². The zero-order valence-corrected chi connectivity index (χ0v) is 11.3. The van der Waals surface area contributed by atoms with Crippen LogP contribution in [0.2, 0.25) is 0 Å². The summed E-state index contributed by atoms with van der Waals surface area (Å²) in [7, 11) is 0. The molecule has 0 radical (unpaired) electrons. The maximum absolute atomic E-state index is 5.53. The van der Waals surface area contributed by atoms with E-state index in [2.05, 4.69) is 31.1 Å². The smallest absolute Gasteiger partial charge is 0.109 e. The zero-order chi connectivity index (χ0) is 12.0. The number of nitrogens with two attached hydrogens (primary N) is 1. The van der Waals surface area contributed by atoms with Crippen molar-refractivity contribution in [3.05, 3.63) is 16.1 Å². The van der Waals surface area contributed by atoms with Crippen LogP contribution >= 0.6 is 11.3 Å². The molecule has 16 heavy (non-hydrogen) atoms. The van der Waals surface area contributed by atoms with Gasteiger partial charge in [-0.1, -0.05) is 13.8 Å². The molecule has 0 aliphatic carbocycles. The molecule has 4 heteroatoms. The van der Waals surface area contributed by atoms with Crippen LogP contribution in [-0.2, 0) is 6.42 Å². The van der Waals surface area contributed by atoms with Gasteiger partial charge in [0.05, 0.1) is 6.04 Å². The second-order valence-electron chi connectivity index (χ2n) is 4.33. The van der Waals surface area contributed by atoms with Gasteiger partial charge in [-0.3, -0.25) is 0 Å². The first-order chi connectivity index (χ1) is 7.67. The predicted octanol–water partition coefficient (Wildman–Crippen LogP) is 2.34. The Morgan fingerprint density at radius 1 is 1.50 bits per heavy atom. The quantitative estimate of drug-likeness (QED) is 0.770. The van der Waals surface area contributed by atoms with E-state index in [0.717, 1.165) is 25.9 Å². The monoisotopic (exact) mass is 241 g/mol. The van der Waals surface area contributed by atoms with Gasteiger partial charge in [-0.15, -0.1) is 11.3 Å². The van der Waals surface area contributed by atoms with E-state index in [9.17, 15) is 0 Å². The van der Waals surface area contributed by atoms with Crippen molar-refractivity contribution in [2.45, 2.75) is 39.7 Å². The van der Waals surface area contributed by atoms with Gasteiger partial charge in [0.15, 0.2) is 0 Å². The molecule has 1 aromatic heterocycles. The van der Waals surface area contributed by atoms with E-state index < -0.39 is 0 Å². The SMILES string of the molecule is CCc1cnc(C(C)NCC(C)CCN)s1. The average molecular weight is 241 g/mol. The Bertz CT molecular complexity index is 298. The molecule has 0 aliphatic rings. The van der Waals surface area contributed by atoms with Crippen LogP contribution < -0.4 is 11.1 Å². The fourth-order valence-electron chi connectivity index (χ4n) is 1.54. The van der Waals surface area contributed by atoms with Gasteiger partial charge in [-0.25, -0.2) is 4.98 Å². The number of hydrogen-bond acceptors (Lipinski definition) is 4. The summed E-state index contributed by atoms with van der Waals surface area (Å²) in [4.78, 5) is 5.80. The largest absolute Gasteiger partial charge is 0.330 e. The first kappa shape index (κ1) is 13.6. The average Bonchev–Trinajstić information content (AvgIpc) is 2.75. The van der Waals surface area contributed by atoms with Gasteiger partial charge in [0.25, 0.3) is 0 Å². The van der Waals surface area contributed by atoms with Gasteiger partial charge < -0.3 is 11.1 Å². The molecule has 2 atom stereocenters. The van der Waals surface area contributed by atoms with Crippen molar-refractivity contribution in [2.24, 2.45) is 11.7 Å². The summed E-state index contributed by atoms with van der Waals surface area (Å²) >= 11 is 1.81. The highest BCUT2D eigenvalue weighted by Gasteiger charge is 2.10. The molecule has 1 heterocycles.